The van der Waals surface area contributed by atoms with Crippen LogP contribution in [0.4, 0.5) is 8.78 Å². The first-order valence-electron chi connectivity index (χ1n) is 10.4. The Morgan fingerprint density at radius 2 is 1.73 bits per heavy atom. The normalized spacial score (nSPS) is 14.4. The molecule has 0 bridgehead atoms. The highest BCUT2D eigenvalue weighted by Crippen LogP contribution is 2.38. The third-order valence-corrected chi connectivity index (χ3v) is 4.79. The molecule has 0 saturated carbocycles. The number of aliphatic imine (C=N–C) groups is 1. The molecule has 0 radical (unpaired) electrons. The Balaban J connectivity index is 0.00000306. The second kappa shape index (κ2) is 12.0. The van der Waals surface area contributed by atoms with Crippen molar-refractivity contribution in [2.75, 3.05) is 26.6 Å². The fourth-order valence-corrected chi connectivity index (χ4v) is 3.31. The summed E-state index contributed by atoms with van der Waals surface area (Å²) in [5.74, 6) is 2.85. The van der Waals surface area contributed by atoms with Crippen molar-refractivity contribution in [3.63, 3.8) is 0 Å². The molecule has 2 heterocycles. The molecule has 0 amide bonds. The lowest BCUT2D eigenvalue weighted by Gasteiger charge is -2.15. The minimum absolute atomic E-state index is 0. The molecule has 2 aliphatic heterocycles. The van der Waals surface area contributed by atoms with Crippen molar-refractivity contribution < 1.29 is 32.5 Å². The van der Waals surface area contributed by atoms with Crippen molar-refractivity contribution in [3.05, 3.63) is 41.5 Å². The van der Waals surface area contributed by atoms with E-state index in [1.165, 1.54) is 6.07 Å². The number of halogens is 3. The lowest BCUT2D eigenvalue weighted by atomic mass is 10.1. The molecule has 11 heteroatoms. The van der Waals surface area contributed by atoms with Crippen LogP contribution in [-0.2, 0) is 13.1 Å². The Bertz CT molecular complexity index is 977. The van der Waals surface area contributed by atoms with Crippen LogP contribution in [0.15, 0.2) is 35.3 Å². The molecule has 180 valence electrons. The van der Waals surface area contributed by atoms with Gasteiger partial charge < -0.3 is 34.3 Å². The number of hydrogen-bond acceptors (Lipinski definition) is 6. The fourth-order valence-electron chi connectivity index (χ4n) is 3.31. The molecule has 0 aromatic heterocycles. The molecular weight excluding hydrogens is 551 g/mol. The summed E-state index contributed by atoms with van der Waals surface area (Å²) in [6.07, 6.45) is 0.841. The van der Waals surface area contributed by atoms with E-state index in [4.69, 9.17) is 18.9 Å². The first-order valence-corrected chi connectivity index (χ1v) is 10.4. The van der Waals surface area contributed by atoms with E-state index in [9.17, 15) is 8.78 Å². The lowest BCUT2D eigenvalue weighted by Crippen LogP contribution is -2.36. The molecule has 0 aliphatic carbocycles. The van der Waals surface area contributed by atoms with Crippen LogP contribution in [0, 0.1) is 0 Å². The summed E-state index contributed by atoms with van der Waals surface area (Å²) < 4.78 is 52.4. The van der Waals surface area contributed by atoms with E-state index in [0.717, 1.165) is 17.7 Å². The van der Waals surface area contributed by atoms with Gasteiger partial charge >= 0.3 is 6.61 Å². The Kier molecular flexibility index (Phi) is 9.03. The molecule has 0 spiro atoms. The number of benzene rings is 2. The largest absolute Gasteiger partial charge is 0.490 e. The highest BCUT2D eigenvalue weighted by Gasteiger charge is 2.20. The number of rotatable bonds is 7. The summed E-state index contributed by atoms with van der Waals surface area (Å²) in [6, 6.07) is 8.77. The number of ether oxygens (including phenoxy) is 5. The van der Waals surface area contributed by atoms with E-state index in [0.29, 0.717) is 55.1 Å². The first kappa shape index (κ1) is 24.9. The van der Waals surface area contributed by atoms with Crippen LogP contribution >= 0.6 is 24.0 Å². The van der Waals surface area contributed by atoms with Gasteiger partial charge in [0.05, 0.1) is 19.8 Å². The Labute approximate surface area is 207 Å². The zero-order valence-electron chi connectivity index (χ0n) is 18.1. The molecule has 2 N–H and O–H groups in total. The van der Waals surface area contributed by atoms with Gasteiger partial charge in [0.2, 0.25) is 6.79 Å². The van der Waals surface area contributed by atoms with Crippen LogP contribution in [0.1, 0.15) is 24.5 Å². The molecular formula is C22H26F2IN3O5. The minimum atomic E-state index is -2.95. The molecule has 8 nitrogen and oxygen atoms in total. The van der Waals surface area contributed by atoms with E-state index in [2.05, 4.69) is 20.4 Å². The summed E-state index contributed by atoms with van der Waals surface area (Å²) in [4.78, 5) is 4.59. The van der Waals surface area contributed by atoms with Gasteiger partial charge in [-0.3, -0.25) is 0 Å². The molecule has 2 aromatic rings. The van der Waals surface area contributed by atoms with Gasteiger partial charge in [0, 0.05) is 31.1 Å². The number of fused-ring (bicyclic) bond motifs is 2. The molecule has 0 unspecified atom stereocenters. The Morgan fingerprint density at radius 3 is 2.48 bits per heavy atom. The monoisotopic (exact) mass is 577 g/mol. The van der Waals surface area contributed by atoms with E-state index < -0.39 is 6.61 Å². The number of guanidine groups is 1. The summed E-state index contributed by atoms with van der Waals surface area (Å²) in [7, 11) is 0. The predicted molar refractivity (Wildman–Crippen MR) is 128 cm³/mol. The molecule has 2 aromatic carbocycles. The predicted octanol–water partition coefficient (Wildman–Crippen LogP) is 4.05. The number of alkyl halides is 2. The average molecular weight is 577 g/mol. The molecule has 0 atom stereocenters. The van der Waals surface area contributed by atoms with E-state index in [-0.39, 0.29) is 43.1 Å². The SMILES string of the molecule is CCNC(=NCc1ccc2c(c1)OCCCO2)NCc1cc2c(cc1OC(F)F)OCO2.I. The number of nitrogens with one attached hydrogen (secondary N) is 2. The van der Waals surface area contributed by atoms with E-state index in [1.807, 2.05) is 25.1 Å². The van der Waals surface area contributed by atoms with Crippen LogP contribution in [-0.4, -0.2) is 39.1 Å². The van der Waals surface area contributed by atoms with Crippen molar-refractivity contribution in [3.8, 4) is 28.7 Å². The molecule has 2 aliphatic rings. The Hall–Kier alpha value is -2.70. The second-order valence-corrected chi connectivity index (χ2v) is 7.07. The second-order valence-electron chi connectivity index (χ2n) is 7.07. The Morgan fingerprint density at radius 1 is 1.00 bits per heavy atom. The minimum Gasteiger partial charge on any atom is -0.490 e. The highest BCUT2D eigenvalue weighted by molar-refractivity contribution is 14.0. The average Bonchev–Trinajstić information content (AvgIpc) is 3.09. The summed E-state index contributed by atoms with van der Waals surface area (Å²) in [5, 5.41) is 6.29. The molecule has 0 saturated heterocycles. The van der Waals surface area contributed by atoms with Gasteiger partial charge in [0.15, 0.2) is 29.0 Å². The van der Waals surface area contributed by atoms with Gasteiger partial charge in [-0.05, 0) is 30.7 Å². The zero-order valence-corrected chi connectivity index (χ0v) is 20.4. The standard InChI is InChI=1S/C22H25F2N3O5.HI/c1-2-25-22(26-11-14-4-5-16-18(8-14)29-7-3-6-28-16)27-12-15-9-19-20(31-13-30-19)10-17(15)32-21(23)24;/h4-5,8-10,21H,2-3,6-7,11-13H2,1H3,(H2,25,26,27);1H. The summed E-state index contributed by atoms with van der Waals surface area (Å²) >= 11 is 0. The van der Waals surface area contributed by atoms with Gasteiger partial charge in [0.25, 0.3) is 0 Å². The van der Waals surface area contributed by atoms with Gasteiger partial charge in [-0.15, -0.1) is 24.0 Å². The molecule has 4 rings (SSSR count). The molecule has 33 heavy (non-hydrogen) atoms. The van der Waals surface area contributed by atoms with Gasteiger partial charge in [-0.1, -0.05) is 6.07 Å². The third-order valence-electron chi connectivity index (χ3n) is 4.79. The number of hydrogen-bond donors (Lipinski definition) is 2. The van der Waals surface area contributed by atoms with Gasteiger partial charge in [-0.25, -0.2) is 4.99 Å². The fraction of sp³-hybridized carbons (Fsp3) is 0.409. The number of nitrogens with zero attached hydrogens (tertiary/aromatic N) is 1. The van der Waals surface area contributed by atoms with Crippen LogP contribution in [0.5, 0.6) is 28.7 Å². The summed E-state index contributed by atoms with van der Waals surface area (Å²) in [5.41, 5.74) is 1.45. The van der Waals surface area contributed by atoms with E-state index in [1.54, 1.807) is 6.07 Å². The van der Waals surface area contributed by atoms with Crippen molar-refractivity contribution in [1.82, 2.24) is 10.6 Å². The van der Waals surface area contributed by atoms with Crippen LogP contribution in [0.25, 0.3) is 0 Å². The maximum absolute atomic E-state index is 12.9. The third kappa shape index (κ3) is 6.65. The van der Waals surface area contributed by atoms with Gasteiger partial charge in [0.1, 0.15) is 5.75 Å². The van der Waals surface area contributed by atoms with E-state index >= 15 is 0 Å². The van der Waals surface area contributed by atoms with Crippen LogP contribution < -0.4 is 34.3 Å². The van der Waals surface area contributed by atoms with Crippen molar-refractivity contribution in [2.24, 2.45) is 4.99 Å². The maximum Gasteiger partial charge on any atom is 0.387 e. The molecule has 0 fully saturated rings. The zero-order chi connectivity index (χ0) is 22.3. The topological polar surface area (TPSA) is 82.6 Å². The smallest absolute Gasteiger partial charge is 0.387 e. The van der Waals surface area contributed by atoms with Crippen LogP contribution in [0.3, 0.4) is 0 Å². The quantitative estimate of drug-likeness (QED) is 0.292. The van der Waals surface area contributed by atoms with Crippen molar-refractivity contribution >= 4 is 29.9 Å². The summed E-state index contributed by atoms with van der Waals surface area (Å²) in [6.45, 7) is 1.51. The van der Waals surface area contributed by atoms with Crippen molar-refractivity contribution in [1.29, 1.82) is 0 Å². The first-order chi connectivity index (χ1) is 15.6. The van der Waals surface area contributed by atoms with Crippen molar-refractivity contribution in [2.45, 2.75) is 33.0 Å². The van der Waals surface area contributed by atoms with Gasteiger partial charge in [-0.2, -0.15) is 8.78 Å². The highest BCUT2D eigenvalue weighted by atomic mass is 127. The lowest BCUT2D eigenvalue weighted by molar-refractivity contribution is -0.0505. The van der Waals surface area contributed by atoms with Crippen LogP contribution in [0.2, 0.25) is 0 Å². The maximum atomic E-state index is 12.9.